The van der Waals surface area contributed by atoms with Gasteiger partial charge >= 0.3 is 0 Å². The van der Waals surface area contributed by atoms with Crippen LogP contribution in [0.2, 0.25) is 0 Å². The molecule has 3 nitrogen and oxygen atoms in total. The fourth-order valence-electron chi connectivity index (χ4n) is 5.67. The summed E-state index contributed by atoms with van der Waals surface area (Å²) in [5.74, 6) is 0. The molecule has 0 spiro atoms. The molecule has 0 atom stereocenters. The summed E-state index contributed by atoms with van der Waals surface area (Å²) < 4.78 is 34.3. The Bertz CT molecular complexity index is 996. The molecule has 2 aromatic rings. The third kappa shape index (κ3) is 13.1. The minimum Gasteiger partial charge on any atom is -0.282 e. The van der Waals surface area contributed by atoms with Gasteiger partial charge in [-0.2, -0.15) is 8.42 Å². The van der Waals surface area contributed by atoms with E-state index in [4.69, 9.17) is 0 Å². The van der Waals surface area contributed by atoms with Gasteiger partial charge in [-0.05, 0) is 59.7 Å². The normalized spacial score (nSPS) is 12.0. The molecule has 2 rings (SSSR count). The second kappa shape index (κ2) is 19.6. The number of rotatable bonds is 23. The van der Waals surface area contributed by atoms with Crippen molar-refractivity contribution < 1.29 is 13.0 Å². The molecule has 1 N–H and O–H groups in total. The third-order valence-electron chi connectivity index (χ3n) is 8.03. The number of hydrogen-bond acceptors (Lipinski definition) is 2. The SMILES string of the molecule is CCCCCCCCCCCCc1cc2c(CCCCCCCCCCCC)cccc2cc1S(=O)(=O)O. The molecule has 0 aliphatic carbocycles. The van der Waals surface area contributed by atoms with Crippen molar-refractivity contribution in [3.8, 4) is 0 Å². The van der Waals surface area contributed by atoms with Crippen molar-refractivity contribution in [1.29, 1.82) is 0 Å². The molecule has 0 aliphatic heterocycles. The van der Waals surface area contributed by atoms with E-state index < -0.39 is 10.1 Å². The van der Waals surface area contributed by atoms with Gasteiger partial charge in [-0.25, -0.2) is 0 Å². The van der Waals surface area contributed by atoms with Crippen molar-refractivity contribution in [2.45, 2.75) is 160 Å². The molecule has 4 heteroatoms. The fraction of sp³-hybridized carbons (Fsp3) is 0.706. The van der Waals surface area contributed by atoms with Gasteiger partial charge < -0.3 is 0 Å². The van der Waals surface area contributed by atoms with Gasteiger partial charge in [0.15, 0.2) is 0 Å². The summed E-state index contributed by atoms with van der Waals surface area (Å²) in [6.45, 7) is 4.52. The predicted octanol–water partition coefficient (Wildman–Crippen LogP) is 11.0. The molecule has 0 heterocycles. The summed E-state index contributed by atoms with van der Waals surface area (Å²) in [6, 6.07) is 9.92. The van der Waals surface area contributed by atoms with Gasteiger partial charge in [0.05, 0.1) is 4.90 Å². The van der Waals surface area contributed by atoms with Gasteiger partial charge in [-0.1, -0.05) is 148 Å². The van der Waals surface area contributed by atoms with Gasteiger partial charge in [0.2, 0.25) is 0 Å². The Balaban J connectivity index is 1.86. The van der Waals surface area contributed by atoms with Crippen LogP contribution in [0, 0.1) is 0 Å². The van der Waals surface area contributed by atoms with E-state index in [2.05, 4.69) is 26.0 Å². The molecule has 0 saturated carbocycles. The average molecular weight is 545 g/mol. The molecule has 0 fully saturated rings. The maximum absolute atomic E-state index is 12.2. The Morgan fingerprint density at radius 1 is 0.553 bits per heavy atom. The van der Waals surface area contributed by atoms with Crippen molar-refractivity contribution in [3.63, 3.8) is 0 Å². The predicted molar refractivity (Wildman–Crippen MR) is 165 cm³/mol. The average Bonchev–Trinajstić information content (AvgIpc) is 2.90. The van der Waals surface area contributed by atoms with Crippen LogP contribution < -0.4 is 0 Å². The molecule has 216 valence electrons. The Morgan fingerprint density at radius 2 is 0.974 bits per heavy atom. The Hall–Kier alpha value is -1.39. The molecule has 0 amide bonds. The van der Waals surface area contributed by atoms with E-state index in [0.29, 0.717) is 6.42 Å². The van der Waals surface area contributed by atoms with Crippen molar-refractivity contribution >= 4 is 20.9 Å². The second-order valence-electron chi connectivity index (χ2n) is 11.4. The summed E-state index contributed by atoms with van der Waals surface area (Å²) in [5.41, 5.74) is 2.07. The molecule has 0 saturated heterocycles. The van der Waals surface area contributed by atoms with Crippen molar-refractivity contribution in [2.75, 3.05) is 0 Å². The Morgan fingerprint density at radius 3 is 1.42 bits per heavy atom. The summed E-state index contributed by atoms with van der Waals surface area (Å²) in [4.78, 5) is 0.0945. The summed E-state index contributed by atoms with van der Waals surface area (Å²) >= 11 is 0. The molecule has 2 aromatic carbocycles. The van der Waals surface area contributed by atoms with Crippen LogP contribution in [0.3, 0.4) is 0 Å². The Labute approximate surface area is 235 Å². The van der Waals surface area contributed by atoms with Gasteiger partial charge in [0.25, 0.3) is 10.1 Å². The summed E-state index contributed by atoms with van der Waals surface area (Å²) in [6.07, 6.45) is 27.5. The lowest BCUT2D eigenvalue weighted by molar-refractivity contribution is 0.481. The molecule has 0 aromatic heterocycles. The van der Waals surface area contributed by atoms with Crippen LogP contribution in [-0.2, 0) is 23.0 Å². The van der Waals surface area contributed by atoms with Crippen molar-refractivity contribution in [2.24, 2.45) is 0 Å². The molecule has 0 radical (unpaired) electrons. The number of fused-ring (bicyclic) bond motifs is 1. The summed E-state index contributed by atoms with van der Waals surface area (Å²) in [7, 11) is -4.24. The number of hydrogen-bond donors (Lipinski definition) is 1. The van der Waals surface area contributed by atoms with Gasteiger partial charge in [0, 0.05) is 0 Å². The molecular weight excluding hydrogens is 488 g/mol. The van der Waals surface area contributed by atoms with Crippen LogP contribution >= 0.6 is 0 Å². The number of unbranched alkanes of at least 4 members (excludes halogenated alkanes) is 18. The quantitative estimate of drug-likeness (QED) is 0.112. The van der Waals surface area contributed by atoms with Crippen molar-refractivity contribution in [1.82, 2.24) is 0 Å². The van der Waals surface area contributed by atoms with Crippen LogP contribution in [0.15, 0.2) is 35.2 Å². The van der Waals surface area contributed by atoms with Crippen LogP contribution in [0.5, 0.6) is 0 Å². The fourth-order valence-corrected chi connectivity index (χ4v) is 6.44. The van der Waals surface area contributed by atoms with Gasteiger partial charge in [-0.3, -0.25) is 4.55 Å². The lowest BCUT2D eigenvalue weighted by atomic mass is 9.95. The smallest absolute Gasteiger partial charge is 0.282 e. The third-order valence-corrected chi connectivity index (χ3v) is 8.96. The van der Waals surface area contributed by atoms with Crippen LogP contribution in [-0.4, -0.2) is 13.0 Å². The lowest BCUT2D eigenvalue weighted by Gasteiger charge is -2.13. The molecule has 38 heavy (non-hydrogen) atoms. The minimum absolute atomic E-state index is 0.0945. The van der Waals surface area contributed by atoms with E-state index in [0.717, 1.165) is 35.6 Å². The first kappa shape index (κ1) is 32.8. The molecule has 0 aliphatic rings. The number of aryl methyl sites for hydroxylation is 2. The zero-order chi connectivity index (χ0) is 27.5. The zero-order valence-electron chi connectivity index (χ0n) is 24.6. The zero-order valence-corrected chi connectivity index (χ0v) is 25.4. The van der Waals surface area contributed by atoms with E-state index in [1.807, 2.05) is 12.1 Å². The van der Waals surface area contributed by atoms with Gasteiger partial charge in [-0.15, -0.1) is 0 Å². The highest BCUT2D eigenvalue weighted by Gasteiger charge is 2.17. The molecule has 0 bridgehead atoms. The topological polar surface area (TPSA) is 54.4 Å². The lowest BCUT2D eigenvalue weighted by Crippen LogP contribution is -2.04. The monoisotopic (exact) mass is 544 g/mol. The first-order chi connectivity index (χ1) is 18.5. The highest BCUT2D eigenvalue weighted by molar-refractivity contribution is 7.85. The van der Waals surface area contributed by atoms with Crippen LogP contribution in [0.1, 0.15) is 153 Å². The Kier molecular flexibility index (Phi) is 17.0. The van der Waals surface area contributed by atoms with E-state index in [9.17, 15) is 13.0 Å². The summed E-state index contributed by atoms with van der Waals surface area (Å²) in [5, 5.41) is 2.06. The van der Waals surface area contributed by atoms with Crippen LogP contribution in [0.4, 0.5) is 0 Å². The number of benzene rings is 2. The van der Waals surface area contributed by atoms with E-state index in [-0.39, 0.29) is 4.90 Å². The molecule has 0 unspecified atom stereocenters. The maximum atomic E-state index is 12.2. The molecular formula is C34H56O3S. The first-order valence-electron chi connectivity index (χ1n) is 16.0. The second-order valence-corrected chi connectivity index (χ2v) is 12.8. The van der Waals surface area contributed by atoms with E-state index >= 15 is 0 Å². The highest BCUT2D eigenvalue weighted by Crippen LogP contribution is 2.29. The van der Waals surface area contributed by atoms with Gasteiger partial charge in [0.1, 0.15) is 0 Å². The standard InChI is InChI=1S/C34H56O3S/c1-3-5-7-9-11-13-15-17-19-21-24-30-26-23-27-31-29-34(38(35,36)37)32(28-33(30)31)25-22-20-18-16-14-12-10-8-6-4-2/h23,26-29H,3-22,24-25H2,1-2H3,(H,35,36,37). The highest BCUT2D eigenvalue weighted by atomic mass is 32.2. The largest absolute Gasteiger partial charge is 0.294 e. The van der Waals surface area contributed by atoms with E-state index in [1.54, 1.807) is 6.07 Å². The maximum Gasteiger partial charge on any atom is 0.294 e. The van der Waals surface area contributed by atoms with Crippen molar-refractivity contribution in [3.05, 3.63) is 41.5 Å². The first-order valence-corrected chi connectivity index (χ1v) is 17.4. The minimum atomic E-state index is -4.24. The van der Waals surface area contributed by atoms with E-state index in [1.165, 1.54) is 121 Å². The van der Waals surface area contributed by atoms with Crippen LogP contribution in [0.25, 0.3) is 10.8 Å².